The average Bonchev–Trinajstić information content (AvgIpc) is 2.76. The molecule has 0 fully saturated rings. The molecule has 4 rings (SSSR count). The number of carbonyl (C=O) groups excluding carboxylic acids is 1. The second-order valence-electron chi connectivity index (χ2n) is 7.04. The number of methoxy groups -OCH3 is 1. The van der Waals surface area contributed by atoms with E-state index in [1.807, 2.05) is 37.3 Å². The summed E-state index contributed by atoms with van der Waals surface area (Å²) in [6.45, 7) is 2.16. The molecule has 0 atom stereocenters. The summed E-state index contributed by atoms with van der Waals surface area (Å²) >= 11 is 0. The Morgan fingerprint density at radius 3 is 2.63 bits per heavy atom. The highest BCUT2D eigenvalue weighted by atomic mass is 16.5. The molecule has 0 aliphatic heterocycles. The van der Waals surface area contributed by atoms with Gasteiger partial charge in [-0.15, -0.1) is 0 Å². The third-order valence-corrected chi connectivity index (χ3v) is 5.12. The lowest BCUT2D eigenvalue weighted by atomic mass is 10.1. The van der Waals surface area contributed by atoms with E-state index in [1.165, 1.54) is 15.0 Å². The fourth-order valence-electron chi connectivity index (χ4n) is 3.38. The highest BCUT2D eigenvalue weighted by Crippen LogP contribution is 2.13. The van der Waals surface area contributed by atoms with Crippen molar-refractivity contribution in [3.8, 4) is 5.75 Å². The van der Waals surface area contributed by atoms with Crippen LogP contribution in [0.1, 0.15) is 21.5 Å². The van der Waals surface area contributed by atoms with E-state index < -0.39 is 5.91 Å². The molecule has 2 N–H and O–H groups in total. The number of carbonyl (C=O) groups is 1. The van der Waals surface area contributed by atoms with E-state index in [4.69, 9.17) is 10.1 Å². The first-order valence-electron chi connectivity index (χ1n) is 9.38. The molecule has 0 spiro atoms. The first-order chi connectivity index (χ1) is 14.4. The predicted molar refractivity (Wildman–Crippen MR) is 113 cm³/mol. The molecule has 0 saturated heterocycles. The van der Waals surface area contributed by atoms with Gasteiger partial charge in [0.05, 0.1) is 18.1 Å². The maximum Gasteiger partial charge on any atom is 0.267 e. The topological polar surface area (TPSA) is 101 Å². The molecule has 152 valence electrons. The van der Waals surface area contributed by atoms with Crippen LogP contribution in [0.2, 0.25) is 0 Å². The van der Waals surface area contributed by atoms with Crippen LogP contribution in [-0.4, -0.2) is 27.0 Å². The van der Waals surface area contributed by atoms with Crippen molar-refractivity contribution in [1.29, 1.82) is 5.41 Å². The van der Waals surface area contributed by atoms with Crippen molar-refractivity contribution >= 4 is 22.6 Å². The number of pyridine rings is 2. The zero-order valence-corrected chi connectivity index (χ0v) is 16.9. The van der Waals surface area contributed by atoms with Gasteiger partial charge in [-0.05, 0) is 42.3 Å². The summed E-state index contributed by atoms with van der Waals surface area (Å²) < 4.78 is 8.05. The van der Waals surface area contributed by atoms with Gasteiger partial charge >= 0.3 is 0 Å². The van der Waals surface area contributed by atoms with Crippen LogP contribution in [0.3, 0.4) is 0 Å². The number of benzene rings is 1. The number of hydrogen-bond acceptors (Lipinski definition) is 5. The SMILES string of the molecule is COc1ccc(CNC(=O)c2cc3c(=O)n4cccc(C)c4nc3n(C)c2=N)cc1. The lowest BCUT2D eigenvalue weighted by Crippen LogP contribution is -2.33. The van der Waals surface area contributed by atoms with E-state index in [0.717, 1.165) is 16.9 Å². The summed E-state index contributed by atoms with van der Waals surface area (Å²) in [6.07, 6.45) is 1.65. The molecule has 30 heavy (non-hydrogen) atoms. The number of aromatic nitrogens is 3. The molecule has 4 aromatic rings. The molecule has 0 aliphatic rings. The molecule has 8 nitrogen and oxygen atoms in total. The maximum absolute atomic E-state index is 13.0. The second-order valence-corrected chi connectivity index (χ2v) is 7.04. The van der Waals surface area contributed by atoms with Crippen LogP contribution in [0, 0.1) is 12.3 Å². The summed E-state index contributed by atoms with van der Waals surface area (Å²) in [5, 5.41) is 11.5. The van der Waals surface area contributed by atoms with Crippen LogP contribution in [-0.2, 0) is 13.6 Å². The Morgan fingerprint density at radius 1 is 1.20 bits per heavy atom. The maximum atomic E-state index is 13.0. The van der Waals surface area contributed by atoms with Crippen molar-refractivity contribution in [2.45, 2.75) is 13.5 Å². The largest absolute Gasteiger partial charge is 0.497 e. The lowest BCUT2D eigenvalue weighted by Gasteiger charge is -2.12. The highest BCUT2D eigenvalue weighted by Gasteiger charge is 2.16. The molecule has 0 aliphatic carbocycles. The Labute approximate surface area is 171 Å². The van der Waals surface area contributed by atoms with E-state index in [9.17, 15) is 9.59 Å². The molecule has 3 aromatic heterocycles. The van der Waals surface area contributed by atoms with Gasteiger partial charge in [-0.25, -0.2) is 4.98 Å². The highest BCUT2D eigenvalue weighted by molar-refractivity contribution is 5.96. The van der Waals surface area contributed by atoms with E-state index in [-0.39, 0.29) is 28.5 Å². The molecule has 8 heteroatoms. The minimum atomic E-state index is -0.429. The van der Waals surface area contributed by atoms with Gasteiger partial charge in [-0.2, -0.15) is 0 Å². The summed E-state index contributed by atoms with van der Waals surface area (Å²) in [7, 11) is 3.22. The predicted octanol–water partition coefficient (Wildman–Crippen LogP) is 1.91. The smallest absolute Gasteiger partial charge is 0.267 e. The normalized spacial score (nSPS) is 11.0. The molecule has 1 amide bonds. The average molecular weight is 403 g/mol. The number of amides is 1. The third-order valence-electron chi connectivity index (χ3n) is 5.12. The minimum Gasteiger partial charge on any atom is -0.497 e. The van der Waals surface area contributed by atoms with E-state index in [2.05, 4.69) is 10.3 Å². The summed E-state index contributed by atoms with van der Waals surface area (Å²) in [4.78, 5) is 30.4. The summed E-state index contributed by atoms with van der Waals surface area (Å²) in [5.74, 6) is 0.303. The summed E-state index contributed by atoms with van der Waals surface area (Å²) in [6, 6.07) is 12.4. The van der Waals surface area contributed by atoms with Gasteiger partial charge < -0.3 is 14.6 Å². The molecule has 0 saturated carbocycles. The van der Waals surface area contributed by atoms with Crippen LogP contribution in [0.25, 0.3) is 16.7 Å². The van der Waals surface area contributed by atoms with E-state index >= 15 is 0 Å². The van der Waals surface area contributed by atoms with E-state index in [1.54, 1.807) is 26.4 Å². The first kappa shape index (κ1) is 19.4. The monoisotopic (exact) mass is 403 g/mol. The van der Waals surface area contributed by atoms with Gasteiger partial charge in [0.25, 0.3) is 11.5 Å². The molecule has 0 bridgehead atoms. The number of fused-ring (bicyclic) bond motifs is 2. The number of aryl methyl sites for hydroxylation is 2. The molecular weight excluding hydrogens is 382 g/mol. The molecule has 0 radical (unpaired) electrons. The first-order valence-corrected chi connectivity index (χ1v) is 9.38. The van der Waals surface area contributed by atoms with Gasteiger partial charge in [0, 0.05) is 19.8 Å². The van der Waals surface area contributed by atoms with Crippen molar-refractivity contribution < 1.29 is 9.53 Å². The number of hydrogen-bond donors (Lipinski definition) is 2. The quantitative estimate of drug-likeness (QED) is 0.508. The van der Waals surface area contributed by atoms with Crippen molar-refractivity contribution in [2.24, 2.45) is 7.05 Å². The van der Waals surface area contributed by atoms with E-state index in [0.29, 0.717) is 11.3 Å². The number of nitrogens with one attached hydrogen (secondary N) is 2. The zero-order valence-electron chi connectivity index (χ0n) is 16.9. The Balaban J connectivity index is 1.75. The van der Waals surface area contributed by atoms with Gasteiger partial charge in [-0.1, -0.05) is 18.2 Å². The molecular formula is C22H21N5O3. The number of rotatable bonds is 4. The standard InChI is InChI=1S/C22H21N5O3/c1-13-5-4-10-27-19(13)25-20-17(22(27)29)11-16(18(23)26(20)2)21(28)24-12-14-6-8-15(30-3)9-7-14/h4-11,23H,12H2,1-3H3,(H,24,28). The van der Waals surface area contributed by atoms with Crippen LogP contribution in [0.4, 0.5) is 0 Å². The number of ether oxygens (including phenoxy) is 1. The summed E-state index contributed by atoms with van der Waals surface area (Å²) in [5.41, 5.74) is 2.46. The van der Waals surface area contributed by atoms with Crippen molar-refractivity contribution in [1.82, 2.24) is 19.3 Å². The Kier molecular flexibility index (Phi) is 4.83. The van der Waals surface area contributed by atoms with Gasteiger partial charge in [-0.3, -0.25) is 19.4 Å². The van der Waals surface area contributed by atoms with Crippen molar-refractivity contribution in [3.05, 3.63) is 81.2 Å². The number of nitrogens with zero attached hydrogens (tertiary/aromatic N) is 3. The Hall–Kier alpha value is -3.94. The van der Waals surface area contributed by atoms with Gasteiger partial charge in [0.1, 0.15) is 22.5 Å². The van der Waals surface area contributed by atoms with Gasteiger partial charge in [0.15, 0.2) is 0 Å². The lowest BCUT2D eigenvalue weighted by molar-refractivity contribution is 0.0948. The minimum absolute atomic E-state index is 0.0143. The van der Waals surface area contributed by atoms with Crippen LogP contribution >= 0.6 is 0 Å². The Morgan fingerprint density at radius 2 is 1.93 bits per heavy atom. The third kappa shape index (κ3) is 3.22. The van der Waals surface area contributed by atoms with Crippen LogP contribution in [0.5, 0.6) is 5.75 Å². The van der Waals surface area contributed by atoms with Crippen molar-refractivity contribution in [2.75, 3.05) is 7.11 Å². The van der Waals surface area contributed by atoms with Crippen LogP contribution < -0.4 is 21.1 Å². The fraction of sp³-hybridized carbons (Fsp3) is 0.182. The zero-order chi connectivity index (χ0) is 21.4. The van der Waals surface area contributed by atoms with Crippen LogP contribution in [0.15, 0.2) is 53.5 Å². The molecule has 1 aromatic carbocycles. The van der Waals surface area contributed by atoms with Crippen molar-refractivity contribution in [3.63, 3.8) is 0 Å². The second kappa shape index (κ2) is 7.47. The molecule has 0 unspecified atom stereocenters. The Bertz CT molecular complexity index is 1400. The van der Waals surface area contributed by atoms with Gasteiger partial charge in [0.2, 0.25) is 0 Å². The molecule has 3 heterocycles. The fourth-order valence-corrected chi connectivity index (χ4v) is 3.38.